The van der Waals surface area contributed by atoms with Crippen LogP contribution in [0.1, 0.15) is 38.2 Å². The van der Waals surface area contributed by atoms with Gasteiger partial charge in [0.15, 0.2) is 5.11 Å². The number of aryl methyl sites for hydroxylation is 1. The van der Waals surface area contributed by atoms with Crippen molar-refractivity contribution in [1.29, 1.82) is 0 Å². The first kappa shape index (κ1) is 17.2. The molecule has 1 aliphatic heterocycles. The van der Waals surface area contributed by atoms with Crippen LogP contribution in [0, 0.1) is 12.7 Å². The Labute approximate surface area is 138 Å². The average molecular weight is 324 g/mol. The van der Waals surface area contributed by atoms with E-state index >= 15 is 0 Å². The third-order valence-corrected chi connectivity index (χ3v) is 4.72. The zero-order chi connectivity index (χ0) is 15.9. The molecule has 1 aromatic rings. The molecule has 1 saturated heterocycles. The molecular weight excluding hydrogens is 297 g/mol. The van der Waals surface area contributed by atoms with Crippen molar-refractivity contribution in [3.63, 3.8) is 0 Å². The van der Waals surface area contributed by atoms with Crippen molar-refractivity contribution < 1.29 is 9.29 Å². The molecule has 2 rings (SSSR count). The van der Waals surface area contributed by atoms with Crippen LogP contribution < -0.4 is 15.5 Å². The molecule has 1 aromatic carbocycles. The number of quaternary nitrogens is 1. The van der Waals surface area contributed by atoms with Crippen molar-refractivity contribution in [3.05, 3.63) is 29.6 Å². The van der Waals surface area contributed by atoms with Crippen molar-refractivity contribution in [2.24, 2.45) is 0 Å². The van der Waals surface area contributed by atoms with Gasteiger partial charge in [-0.3, -0.25) is 0 Å². The fraction of sp³-hybridized carbons (Fsp3) is 0.588. The number of thiocarbonyl (C=S) groups is 1. The molecule has 0 aliphatic carbocycles. The lowest BCUT2D eigenvalue weighted by Crippen LogP contribution is -3.16. The normalized spacial score (nSPS) is 21.4. The first-order valence-corrected chi connectivity index (χ1v) is 8.62. The fourth-order valence-corrected chi connectivity index (χ4v) is 3.21. The predicted molar refractivity (Wildman–Crippen MR) is 94.0 cm³/mol. The van der Waals surface area contributed by atoms with Gasteiger partial charge in [0.2, 0.25) is 0 Å². The van der Waals surface area contributed by atoms with Crippen LogP contribution in [0.4, 0.5) is 10.1 Å². The van der Waals surface area contributed by atoms with Gasteiger partial charge in [-0.15, -0.1) is 0 Å². The molecule has 0 saturated carbocycles. The predicted octanol–water partition coefficient (Wildman–Crippen LogP) is 2.27. The molecule has 22 heavy (non-hydrogen) atoms. The number of hydrogen-bond donors (Lipinski definition) is 3. The second-order valence-electron chi connectivity index (χ2n) is 6.25. The van der Waals surface area contributed by atoms with Crippen LogP contribution in [0.2, 0.25) is 0 Å². The Kier molecular flexibility index (Phi) is 6.58. The molecule has 0 amide bonds. The lowest BCUT2D eigenvalue weighted by Gasteiger charge is -2.30. The van der Waals surface area contributed by atoms with E-state index in [0.29, 0.717) is 16.4 Å². The van der Waals surface area contributed by atoms with E-state index in [4.69, 9.17) is 12.2 Å². The van der Waals surface area contributed by atoms with Gasteiger partial charge < -0.3 is 15.5 Å². The molecule has 3 nitrogen and oxygen atoms in total. The zero-order valence-corrected chi connectivity index (χ0v) is 14.4. The molecule has 1 heterocycles. The minimum atomic E-state index is -0.213. The summed E-state index contributed by atoms with van der Waals surface area (Å²) in [4.78, 5) is 1.72. The third kappa shape index (κ3) is 5.21. The van der Waals surface area contributed by atoms with E-state index in [0.717, 1.165) is 19.0 Å². The first-order valence-electron chi connectivity index (χ1n) is 8.22. The molecule has 5 heteroatoms. The summed E-state index contributed by atoms with van der Waals surface area (Å²) in [5.74, 6) is -0.213. The molecule has 1 fully saturated rings. The quantitative estimate of drug-likeness (QED) is 0.573. The van der Waals surface area contributed by atoms with E-state index in [1.807, 2.05) is 6.07 Å². The van der Waals surface area contributed by atoms with E-state index in [1.54, 1.807) is 17.9 Å². The highest BCUT2D eigenvalue weighted by Crippen LogP contribution is 2.13. The molecular formula is C17H27FN3S+. The number of halogens is 1. The monoisotopic (exact) mass is 324 g/mol. The maximum absolute atomic E-state index is 13.5. The summed E-state index contributed by atoms with van der Waals surface area (Å²) in [6, 6.07) is 5.85. The van der Waals surface area contributed by atoms with Gasteiger partial charge >= 0.3 is 0 Å². The largest absolute Gasteiger partial charge is 0.362 e. The molecule has 0 bridgehead atoms. The number of piperidine rings is 1. The summed E-state index contributed by atoms with van der Waals surface area (Å²) < 4.78 is 13.5. The topological polar surface area (TPSA) is 28.5 Å². The zero-order valence-electron chi connectivity index (χ0n) is 13.5. The number of rotatable bonds is 5. The van der Waals surface area contributed by atoms with Crippen LogP contribution in [-0.2, 0) is 0 Å². The van der Waals surface area contributed by atoms with Crippen LogP contribution in [0.5, 0.6) is 0 Å². The smallest absolute Gasteiger partial charge is 0.170 e. The van der Waals surface area contributed by atoms with Crippen LogP contribution >= 0.6 is 12.2 Å². The van der Waals surface area contributed by atoms with Gasteiger partial charge in [-0.05, 0) is 63.0 Å². The molecule has 0 spiro atoms. The lowest BCUT2D eigenvalue weighted by molar-refractivity contribution is -0.928. The summed E-state index contributed by atoms with van der Waals surface area (Å²) in [6.45, 7) is 7.44. The van der Waals surface area contributed by atoms with E-state index in [9.17, 15) is 4.39 Å². The van der Waals surface area contributed by atoms with E-state index in [1.165, 1.54) is 38.4 Å². The average Bonchev–Trinajstić information content (AvgIpc) is 2.49. The van der Waals surface area contributed by atoms with E-state index in [-0.39, 0.29) is 5.82 Å². The molecule has 2 atom stereocenters. The highest BCUT2D eigenvalue weighted by atomic mass is 32.1. The second kappa shape index (κ2) is 8.44. The van der Waals surface area contributed by atoms with Gasteiger partial charge in [0.1, 0.15) is 5.82 Å². The third-order valence-electron chi connectivity index (χ3n) is 4.47. The summed E-state index contributed by atoms with van der Waals surface area (Å²) in [6.07, 6.45) is 5.18. The van der Waals surface area contributed by atoms with Gasteiger partial charge in [-0.1, -0.05) is 6.07 Å². The van der Waals surface area contributed by atoms with Crippen LogP contribution in [0.25, 0.3) is 0 Å². The number of benzene rings is 1. The Morgan fingerprint density at radius 2 is 2.23 bits per heavy atom. The lowest BCUT2D eigenvalue weighted by atomic mass is 10.0. The standard InChI is InChI=1S/C17H26FN3S/c1-13-7-8-15(12-16(13)18)20-17(22)19-9-5-11-21-10-4-3-6-14(21)2/h7-8,12,14H,3-6,9-11H2,1-2H3,(H2,19,20,22)/p+1/t14-/m0/s1. The van der Waals surface area contributed by atoms with Gasteiger partial charge in [-0.2, -0.15) is 0 Å². The van der Waals surface area contributed by atoms with Gasteiger partial charge in [0, 0.05) is 18.7 Å². The molecule has 0 aromatic heterocycles. The number of likely N-dealkylation sites (tertiary alicyclic amines) is 1. The van der Waals surface area contributed by atoms with Crippen LogP contribution in [0.3, 0.4) is 0 Å². The van der Waals surface area contributed by atoms with Gasteiger partial charge in [-0.25, -0.2) is 4.39 Å². The van der Waals surface area contributed by atoms with Gasteiger partial charge in [0.05, 0.1) is 19.1 Å². The molecule has 1 unspecified atom stereocenters. The number of hydrogen-bond acceptors (Lipinski definition) is 1. The van der Waals surface area contributed by atoms with E-state index < -0.39 is 0 Å². The summed E-state index contributed by atoms with van der Waals surface area (Å²) in [5.41, 5.74) is 1.33. The highest BCUT2D eigenvalue weighted by molar-refractivity contribution is 7.80. The highest BCUT2D eigenvalue weighted by Gasteiger charge is 2.20. The Morgan fingerprint density at radius 1 is 1.41 bits per heavy atom. The Bertz CT molecular complexity index is 507. The number of anilines is 1. The van der Waals surface area contributed by atoms with Gasteiger partial charge in [0.25, 0.3) is 0 Å². The maximum Gasteiger partial charge on any atom is 0.170 e. The SMILES string of the molecule is Cc1ccc(NC(=S)NCCC[NH+]2CCCC[C@@H]2C)cc1F. The Hall–Kier alpha value is -1.20. The maximum atomic E-state index is 13.5. The van der Waals surface area contributed by atoms with Crippen molar-refractivity contribution in [1.82, 2.24) is 5.32 Å². The summed E-state index contributed by atoms with van der Waals surface area (Å²) in [5, 5.41) is 6.80. The molecule has 122 valence electrons. The first-order chi connectivity index (χ1) is 10.6. The Balaban J connectivity index is 1.66. The summed E-state index contributed by atoms with van der Waals surface area (Å²) >= 11 is 5.25. The molecule has 1 aliphatic rings. The fourth-order valence-electron chi connectivity index (χ4n) is 2.99. The second-order valence-corrected chi connectivity index (χ2v) is 6.66. The number of nitrogens with one attached hydrogen (secondary N) is 3. The molecule has 0 radical (unpaired) electrons. The van der Waals surface area contributed by atoms with E-state index in [2.05, 4.69) is 17.6 Å². The van der Waals surface area contributed by atoms with Crippen LogP contribution in [0.15, 0.2) is 18.2 Å². The Morgan fingerprint density at radius 3 is 2.95 bits per heavy atom. The minimum absolute atomic E-state index is 0.213. The van der Waals surface area contributed by atoms with Crippen molar-refractivity contribution in [2.45, 2.75) is 45.6 Å². The minimum Gasteiger partial charge on any atom is -0.362 e. The van der Waals surface area contributed by atoms with Crippen molar-refractivity contribution >= 4 is 23.0 Å². The van der Waals surface area contributed by atoms with Crippen LogP contribution in [-0.4, -0.2) is 30.8 Å². The van der Waals surface area contributed by atoms with Crippen molar-refractivity contribution in [2.75, 3.05) is 25.0 Å². The molecule has 3 N–H and O–H groups in total. The van der Waals surface area contributed by atoms with Crippen molar-refractivity contribution in [3.8, 4) is 0 Å². The summed E-state index contributed by atoms with van der Waals surface area (Å²) in [7, 11) is 0.